The molecule has 0 fully saturated rings. The highest BCUT2D eigenvalue weighted by atomic mass is 16.3. The zero-order chi connectivity index (χ0) is 12.7. The lowest BCUT2D eigenvalue weighted by atomic mass is 10.2. The zero-order valence-corrected chi connectivity index (χ0v) is 10.8. The van der Waals surface area contributed by atoms with E-state index in [0.29, 0.717) is 12.4 Å². The molecule has 0 aliphatic heterocycles. The lowest BCUT2D eigenvalue weighted by Gasteiger charge is -2.15. The van der Waals surface area contributed by atoms with Crippen LogP contribution >= 0.6 is 0 Å². The summed E-state index contributed by atoms with van der Waals surface area (Å²) in [5.41, 5.74) is 1.01. The Hall–Kier alpha value is -1.36. The van der Waals surface area contributed by atoms with E-state index in [1.807, 2.05) is 13.8 Å². The van der Waals surface area contributed by atoms with Gasteiger partial charge in [0.2, 0.25) is 5.95 Å². The van der Waals surface area contributed by atoms with Crippen LogP contribution in [0.4, 0.5) is 11.8 Å². The number of aliphatic hydroxyl groups is 1. The minimum Gasteiger partial charge on any atom is -0.396 e. The largest absolute Gasteiger partial charge is 0.396 e. The van der Waals surface area contributed by atoms with Crippen molar-refractivity contribution in [3.05, 3.63) is 11.8 Å². The van der Waals surface area contributed by atoms with Crippen LogP contribution in [0.5, 0.6) is 0 Å². The van der Waals surface area contributed by atoms with E-state index in [2.05, 4.69) is 27.5 Å². The normalized spacial score (nSPS) is 12.2. The highest BCUT2D eigenvalue weighted by Gasteiger charge is 2.06. The van der Waals surface area contributed by atoms with E-state index >= 15 is 0 Å². The summed E-state index contributed by atoms with van der Waals surface area (Å²) in [6, 6.07) is 0.202. The van der Waals surface area contributed by atoms with Crippen molar-refractivity contribution in [1.29, 1.82) is 0 Å². The van der Waals surface area contributed by atoms with Gasteiger partial charge in [-0.15, -0.1) is 0 Å². The lowest BCUT2D eigenvalue weighted by molar-refractivity contribution is 0.282. The summed E-state index contributed by atoms with van der Waals surface area (Å²) in [5.74, 6) is 1.48. The fourth-order valence-electron chi connectivity index (χ4n) is 1.41. The molecule has 0 aliphatic rings. The van der Waals surface area contributed by atoms with Gasteiger partial charge in [-0.05, 0) is 26.7 Å². The van der Waals surface area contributed by atoms with Crippen molar-refractivity contribution < 1.29 is 5.11 Å². The molecular formula is C12H22N4O. The highest BCUT2D eigenvalue weighted by molar-refractivity contribution is 5.46. The van der Waals surface area contributed by atoms with Crippen molar-refractivity contribution in [3.63, 3.8) is 0 Å². The first-order valence-corrected chi connectivity index (χ1v) is 6.12. The number of hydrogen-bond acceptors (Lipinski definition) is 5. The van der Waals surface area contributed by atoms with Gasteiger partial charge in [-0.3, -0.25) is 0 Å². The summed E-state index contributed by atoms with van der Waals surface area (Å²) in [5, 5.41) is 15.3. The van der Waals surface area contributed by atoms with Crippen LogP contribution in [0.15, 0.2) is 6.20 Å². The van der Waals surface area contributed by atoms with Crippen molar-refractivity contribution in [3.8, 4) is 0 Å². The average molecular weight is 238 g/mol. The molecule has 0 aromatic carbocycles. The quantitative estimate of drug-likeness (QED) is 0.675. The molecule has 3 N–H and O–H groups in total. The highest BCUT2D eigenvalue weighted by Crippen LogP contribution is 2.14. The Labute approximate surface area is 103 Å². The summed E-state index contributed by atoms with van der Waals surface area (Å²) in [4.78, 5) is 8.64. The van der Waals surface area contributed by atoms with Gasteiger partial charge < -0.3 is 15.7 Å². The molecule has 1 heterocycles. The van der Waals surface area contributed by atoms with Gasteiger partial charge in [0, 0.05) is 31.0 Å². The van der Waals surface area contributed by atoms with Gasteiger partial charge in [0.25, 0.3) is 0 Å². The molecule has 1 rings (SSSR count). The number of hydrogen-bond donors (Lipinski definition) is 3. The number of anilines is 2. The van der Waals surface area contributed by atoms with Gasteiger partial charge in [-0.2, -0.15) is 4.98 Å². The molecule has 0 aliphatic carbocycles. The van der Waals surface area contributed by atoms with Gasteiger partial charge in [-0.25, -0.2) is 4.98 Å². The maximum atomic E-state index is 8.87. The first kappa shape index (κ1) is 13.7. The van der Waals surface area contributed by atoms with Gasteiger partial charge in [0.15, 0.2) is 0 Å². The Balaban J connectivity index is 2.68. The Morgan fingerprint density at radius 1 is 1.47 bits per heavy atom. The average Bonchev–Trinajstić information content (AvgIpc) is 2.30. The minimum absolute atomic E-state index is 0.180. The summed E-state index contributed by atoms with van der Waals surface area (Å²) in [6.45, 7) is 7.14. The SMILES string of the molecule is CCCNc1ncc(C)c(NC(C)CCO)n1. The Morgan fingerprint density at radius 2 is 2.24 bits per heavy atom. The third-order valence-electron chi connectivity index (χ3n) is 2.45. The smallest absolute Gasteiger partial charge is 0.224 e. The molecule has 0 saturated heterocycles. The molecular weight excluding hydrogens is 216 g/mol. The van der Waals surface area contributed by atoms with E-state index in [0.717, 1.165) is 24.3 Å². The van der Waals surface area contributed by atoms with E-state index < -0.39 is 0 Å². The van der Waals surface area contributed by atoms with Gasteiger partial charge in [-0.1, -0.05) is 6.92 Å². The van der Waals surface area contributed by atoms with Gasteiger partial charge in [0.1, 0.15) is 5.82 Å². The molecule has 0 saturated carbocycles. The Morgan fingerprint density at radius 3 is 2.88 bits per heavy atom. The second-order valence-electron chi connectivity index (χ2n) is 4.21. The molecule has 1 aromatic rings. The molecule has 5 nitrogen and oxygen atoms in total. The van der Waals surface area contributed by atoms with Crippen molar-refractivity contribution in [1.82, 2.24) is 9.97 Å². The van der Waals surface area contributed by atoms with Crippen LogP contribution in [0.2, 0.25) is 0 Å². The summed E-state index contributed by atoms with van der Waals surface area (Å²) in [6.07, 6.45) is 3.56. The van der Waals surface area contributed by atoms with E-state index in [9.17, 15) is 0 Å². The van der Waals surface area contributed by atoms with Crippen LogP contribution < -0.4 is 10.6 Å². The molecule has 1 aromatic heterocycles. The van der Waals surface area contributed by atoms with Crippen LogP contribution in [-0.4, -0.2) is 34.3 Å². The first-order chi connectivity index (χ1) is 8.17. The summed E-state index contributed by atoms with van der Waals surface area (Å²) >= 11 is 0. The van der Waals surface area contributed by atoms with Gasteiger partial charge >= 0.3 is 0 Å². The number of aromatic nitrogens is 2. The molecule has 0 radical (unpaired) electrons. The third kappa shape index (κ3) is 4.56. The molecule has 0 spiro atoms. The number of nitrogens with one attached hydrogen (secondary N) is 2. The second-order valence-corrected chi connectivity index (χ2v) is 4.21. The van der Waals surface area contributed by atoms with Crippen molar-refractivity contribution in [2.75, 3.05) is 23.8 Å². The Kier molecular flexibility index (Phi) is 5.69. The van der Waals surface area contributed by atoms with Crippen molar-refractivity contribution in [2.24, 2.45) is 0 Å². The van der Waals surface area contributed by atoms with E-state index in [-0.39, 0.29) is 12.6 Å². The molecule has 5 heteroatoms. The Bertz CT molecular complexity index is 343. The van der Waals surface area contributed by atoms with E-state index in [1.165, 1.54) is 0 Å². The topological polar surface area (TPSA) is 70.1 Å². The first-order valence-electron chi connectivity index (χ1n) is 6.12. The third-order valence-corrected chi connectivity index (χ3v) is 2.45. The fourth-order valence-corrected chi connectivity index (χ4v) is 1.41. The standard InChI is InChI=1S/C12H22N4O/c1-4-6-13-12-14-8-9(2)11(16-12)15-10(3)5-7-17/h8,10,17H,4-7H2,1-3H3,(H2,13,14,15,16). The van der Waals surface area contributed by atoms with Crippen molar-refractivity contribution >= 4 is 11.8 Å². The zero-order valence-electron chi connectivity index (χ0n) is 10.8. The van der Waals surface area contributed by atoms with Gasteiger partial charge in [0.05, 0.1) is 0 Å². The lowest BCUT2D eigenvalue weighted by Crippen LogP contribution is -2.19. The number of aryl methyl sites for hydroxylation is 1. The molecule has 1 unspecified atom stereocenters. The van der Waals surface area contributed by atoms with Crippen LogP contribution in [0.1, 0.15) is 32.3 Å². The predicted molar refractivity (Wildman–Crippen MR) is 70.3 cm³/mol. The maximum Gasteiger partial charge on any atom is 0.224 e. The monoisotopic (exact) mass is 238 g/mol. The predicted octanol–water partition coefficient (Wildman–Crippen LogP) is 1.79. The van der Waals surface area contributed by atoms with Crippen molar-refractivity contribution in [2.45, 2.75) is 39.7 Å². The van der Waals surface area contributed by atoms with Crippen LogP contribution in [-0.2, 0) is 0 Å². The number of rotatable bonds is 7. The summed E-state index contributed by atoms with van der Waals surface area (Å²) in [7, 11) is 0. The second kappa shape index (κ2) is 7.06. The van der Waals surface area contributed by atoms with E-state index in [1.54, 1.807) is 6.20 Å². The van der Waals surface area contributed by atoms with Crippen LogP contribution in [0.3, 0.4) is 0 Å². The van der Waals surface area contributed by atoms with E-state index in [4.69, 9.17) is 5.11 Å². The summed E-state index contributed by atoms with van der Waals surface area (Å²) < 4.78 is 0. The van der Waals surface area contributed by atoms with Crippen LogP contribution in [0.25, 0.3) is 0 Å². The molecule has 1 atom stereocenters. The molecule has 0 bridgehead atoms. The van der Waals surface area contributed by atoms with Crippen LogP contribution in [0, 0.1) is 6.92 Å². The molecule has 96 valence electrons. The molecule has 0 amide bonds. The number of aliphatic hydroxyl groups excluding tert-OH is 1. The minimum atomic E-state index is 0.180. The molecule has 17 heavy (non-hydrogen) atoms. The maximum absolute atomic E-state index is 8.87. The number of nitrogens with zero attached hydrogens (tertiary/aromatic N) is 2. The fraction of sp³-hybridized carbons (Fsp3) is 0.667.